The van der Waals surface area contributed by atoms with Gasteiger partial charge in [0.2, 0.25) is 0 Å². The summed E-state index contributed by atoms with van der Waals surface area (Å²) in [4.78, 5) is 2.45. The zero-order valence-electron chi connectivity index (χ0n) is 14.4. The maximum atomic E-state index is 5.40. The van der Waals surface area contributed by atoms with E-state index in [9.17, 15) is 0 Å². The van der Waals surface area contributed by atoms with E-state index < -0.39 is 0 Å². The van der Waals surface area contributed by atoms with Crippen molar-refractivity contribution < 1.29 is 4.42 Å². The number of nitrogens with zero attached hydrogens (tertiary/aromatic N) is 1. The number of nitrogens with one attached hydrogen (secondary N) is 1. The van der Waals surface area contributed by atoms with E-state index in [1.165, 1.54) is 24.8 Å². The van der Waals surface area contributed by atoms with Crippen molar-refractivity contribution in [2.24, 2.45) is 11.3 Å². The largest absolute Gasteiger partial charge is 0.469 e. The van der Waals surface area contributed by atoms with Crippen LogP contribution in [0.25, 0.3) is 0 Å². The fourth-order valence-corrected chi connectivity index (χ4v) is 3.79. The molecule has 0 saturated heterocycles. The van der Waals surface area contributed by atoms with Crippen LogP contribution < -0.4 is 5.32 Å². The van der Waals surface area contributed by atoms with Gasteiger partial charge in [-0.15, -0.1) is 0 Å². The summed E-state index contributed by atoms with van der Waals surface area (Å²) in [5, 5.41) is 3.80. The molecule has 1 N–H and O–H groups in total. The highest BCUT2D eigenvalue weighted by molar-refractivity contribution is 5.15. The van der Waals surface area contributed by atoms with E-state index in [1.54, 1.807) is 6.26 Å². The molecule has 0 amide bonds. The second-order valence-electron chi connectivity index (χ2n) is 7.42. The van der Waals surface area contributed by atoms with Crippen molar-refractivity contribution in [1.82, 2.24) is 10.2 Å². The summed E-state index contributed by atoms with van der Waals surface area (Å²) in [5.74, 6) is 1.80. The SMILES string of the molecule is CCCNC1C(CN(C)Cc2ccoc2C)CCC1(C)C. The van der Waals surface area contributed by atoms with Crippen molar-refractivity contribution in [2.75, 3.05) is 20.1 Å². The average molecular weight is 292 g/mol. The highest BCUT2D eigenvalue weighted by atomic mass is 16.3. The summed E-state index contributed by atoms with van der Waals surface area (Å²) in [5.41, 5.74) is 1.74. The Balaban J connectivity index is 1.92. The molecular weight excluding hydrogens is 260 g/mol. The van der Waals surface area contributed by atoms with Crippen molar-refractivity contribution in [3.8, 4) is 0 Å². The van der Waals surface area contributed by atoms with Gasteiger partial charge in [-0.05, 0) is 57.2 Å². The number of hydrogen-bond acceptors (Lipinski definition) is 3. The third-order valence-corrected chi connectivity index (χ3v) is 5.04. The number of hydrogen-bond donors (Lipinski definition) is 1. The topological polar surface area (TPSA) is 28.4 Å². The van der Waals surface area contributed by atoms with Gasteiger partial charge in [-0.3, -0.25) is 0 Å². The second kappa shape index (κ2) is 6.97. The van der Waals surface area contributed by atoms with E-state index in [-0.39, 0.29) is 0 Å². The quantitative estimate of drug-likeness (QED) is 0.828. The molecule has 2 rings (SSSR count). The smallest absolute Gasteiger partial charge is 0.105 e. The summed E-state index contributed by atoms with van der Waals surface area (Å²) < 4.78 is 5.40. The van der Waals surface area contributed by atoms with Crippen LogP contribution in [-0.4, -0.2) is 31.1 Å². The Morgan fingerprint density at radius 1 is 1.43 bits per heavy atom. The zero-order chi connectivity index (χ0) is 15.5. The normalized spacial score (nSPS) is 24.9. The Labute approximate surface area is 130 Å². The van der Waals surface area contributed by atoms with E-state index in [2.05, 4.69) is 44.1 Å². The van der Waals surface area contributed by atoms with Crippen LogP contribution in [0.5, 0.6) is 0 Å². The van der Waals surface area contributed by atoms with Crippen LogP contribution in [0.4, 0.5) is 0 Å². The maximum Gasteiger partial charge on any atom is 0.105 e. The second-order valence-corrected chi connectivity index (χ2v) is 7.42. The van der Waals surface area contributed by atoms with Gasteiger partial charge in [-0.25, -0.2) is 0 Å². The molecule has 120 valence electrons. The lowest BCUT2D eigenvalue weighted by atomic mass is 9.84. The number of aryl methyl sites for hydroxylation is 1. The molecule has 3 nitrogen and oxygen atoms in total. The van der Waals surface area contributed by atoms with Crippen LogP contribution in [0.1, 0.15) is 51.4 Å². The molecule has 0 spiro atoms. The van der Waals surface area contributed by atoms with Gasteiger partial charge >= 0.3 is 0 Å². The molecule has 21 heavy (non-hydrogen) atoms. The molecule has 1 saturated carbocycles. The first-order valence-electron chi connectivity index (χ1n) is 8.39. The monoisotopic (exact) mass is 292 g/mol. The van der Waals surface area contributed by atoms with Crippen molar-refractivity contribution in [1.29, 1.82) is 0 Å². The van der Waals surface area contributed by atoms with Gasteiger partial charge in [-0.2, -0.15) is 0 Å². The Bertz CT molecular complexity index is 438. The highest BCUT2D eigenvalue weighted by Gasteiger charge is 2.41. The van der Waals surface area contributed by atoms with E-state index >= 15 is 0 Å². The van der Waals surface area contributed by atoms with E-state index in [0.717, 1.165) is 31.3 Å². The minimum Gasteiger partial charge on any atom is -0.469 e. The van der Waals surface area contributed by atoms with E-state index in [4.69, 9.17) is 4.42 Å². The summed E-state index contributed by atoms with van der Waals surface area (Å²) >= 11 is 0. The van der Waals surface area contributed by atoms with E-state index in [0.29, 0.717) is 11.5 Å². The molecule has 1 heterocycles. The van der Waals surface area contributed by atoms with Crippen LogP contribution >= 0.6 is 0 Å². The van der Waals surface area contributed by atoms with Crippen molar-refractivity contribution in [3.63, 3.8) is 0 Å². The molecule has 2 unspecified atom stereocenters. The fourth-order valence-electron chi connectivity index (χ4n) is 3.79. The number of furan rings is 1. The summed E-state index contributed by atoms with van der Waals surface area (Å²) in [6.07, 6.45) is 5.67. The molecule has 1 fully saturated rings. The van der Waals surface area contributed by atoms with Gasteiger partial charge < -0.3 is 14.6 Å². The zero-order valence-corrected chi connectivity index (χ0v) is 14.4. The third-order valence-electron chi connectivity index (χ3n) is 5.04. The van der Waals surface area contributed by atoms with Crippen molar-refractivity contribution >= 4 is 0 Å². The molecule has 1 aliphatic rings. The van der Waals surface area contributed by atoms with Crippen molar-refractivity contribution in [3.05, 3.63) is 23.7 Å². The van der Waals surface area contributed by atoms with Gasteiger partial charge in [0.05, 0.1) is 6.26 Å². The minimum atomic E-state index is 0.423. The molecule has 1 aromatic heterocycles. The summed E-state index contributed by atoms with van der Waals surface area (Å²) in [6, 6.07) is 2.74. The fraction of sp³-hybridized carbons (Fsp3) is 0.778. The maximum absolute atomic E-state index is 5.40. The lowest BCUT2D eigenvalue weighted by molar-refractivity contribution is 0.199. The molecule has 3 heteroatoms. The predicted octanol–water partition coefficient (Wildman–Crippen LogP) is 3.82. The van der Waals surface area contributed by atoms with Gasteiger partial charge in [0.1, 0.15) is 5.76 Å². The van der Waals surface area contributed by atoms with Gasteiger partial charge in [0, 0.05) is 24.7 Å². The molecule has 1 aromatic rings. The van der Waals surface area contributed by atoms with Gasteiger partial charge in [0.15, 0.2) is 0 Å². The molecule has 0 aromatic carbocycles. The Morgan fingerprint density at radius 3 is 2.81 bits per heavy atom. The molecule has 2 atom stereocenters. The van der Waals surface area contributed by atoms with Crippen LogP contribution in [0.3, 0.4) is 0 Å². The summed E-state index contributed by atoms with van der Waals surface area (Å²) in [7, 11) is 2.23. The third kappa shape index (κ3) is 4.10. The standard InChI is InChI=1S/C18H32N2O/c1-6-10-19-17-16(7-9-18(17,3)4)13-20(5)12-15-8-11-21-14(15)2/h8,11,16-17,19H,6-7,9-10,12-13H2,1-5H3. The first-order chi connectivity index (χ1) is 9.94. The van der Waals surface area contributed by atoms with Crippen molar-refractivity contribution in [2.45, 2.75) is 59.5 Å². The Kier molecular flexibility index (Phi) is 5.50. The number of rotatable bonds is 7. The Hall–Kier alpha value is -0.800. The lowest BCUT2D eigenvalue weighted by Gasteiger charge is -2.33. The molecule has 0 radical (unpaired) electrons. The molecule has 0 bridgehead atoms. The van der Waals surface area contributed by atoms with Crippen LogP contribution in [0, 0.1) is 18.3 Å². The van der Waals surface area contributed by atoms with Crippen LogP contribution in [0.2, 0.25) is 0 Å². The molecule has 1 aliphatic carbocycles. The lowest BCUT2D eigenvalue weighted by Crippen LogP contribution is -2.45. The highest BCUT2D eigenvalue weighted by Crippen LogP contribution is 2.41. The van der Waals surface area contributed by atoms with Crippen LogP contribution in [-0.2, 0) is 6.54 Å². The van der Waals surface area contributed by atoms with Gasteiger partial charge in [0.25, 0.3) is 0 Å². The Morgan fingerprint density at radius 2 is 2.19 bits per heavy atom. The first-order valence-corrected chi connectivity index (χ1v) is 8.39. The first kappa shape index (κ1) is 16.6. The van der Waals surface area contributed by atoms with Gasteiger partial charge in [-0.1, -0.05) is 20.8 Å². The minimum absolute atomic E-state index is 0.423. The van der Waals surface area contributed by atoms with Crippen LogP contribution in [0.15, 0.2) is 16.7 Å². The summed E-state index contributed by atoms with van der Waals surface area (Å²) in [6.45, 7) is 12.4. The predicted molar refractivity (Wildman–Crippen MR) is 88.4 cm³/mol. The average Bonchev–Trinajstić information content (AvgIpc) is 2.92. The molecule has 0 aliphatic heterocycles. The van der Waals surface area contributed by atoms with E-state index in [1.807, 2.05) is 6.92 Å². The molecular formula is C18H32N2O.